The van der Waals surface area contributed by atoms with Crippen LogP contribution in [0.2, 0.25) is 0 Å². The van der Waals surface area contributed by atoms with Crippen LogP contribution in [0.15, 0.2) is 18.3 Å². The normalized spacial score (nSPS) is 10.3. The third-order valence-corrected chi connectivity index (χ3v) is 2.78. The zero-order chi connectivity index (χ0) is 14.5. The maximum atomic E-state index is 12.0. The highest BCUT2D eigenvalue weighted by Gasteiger charge is 2.11. The van der Waals surface area contributed by atoms with Crippen molar-refractivity contribution in [1.29, 1.82) is 0 Å². The van der Waals surface area contributed by atoms with Gasteiger partial charge in [-0.15, -0.1) is 10.2 Å². The Balaban J connectivity index is 2.19. The molecule has 2 rings (SSSR count). The largest absolute Gasteiger partial charge is 0.384 e. The first-order valence-corrected chi connectivity index (χ1v) is 6.39. The van der Waals surface area contributed by atoms with Crippen LogP contribution in [-0.2, 0) is 12.8 Å². The summed E-state index contributed by atoms with van der Waals surface area (Å²) in [6, 6.07) is 3.06. The number of aryl methyl sites for hydroxylation is 2. The first kappa shape index (κ1) is 13.9. The van der Waals surface area contributed by atoms with E-state index in [0.29, 0.717) is 5.56 Å². The highest BCUT2D eigenvalue weighted by Crippen LogP contribution is 2.09. The summed E-state index contributed by atoms with van der Waals surface area (Å²) < 4.78 is 0. The van der Waals surface area contributed by atoms with Gasteiger partial charge in [-0.3, -0.25) is 10.1 Å². The molecule has 20 heavy (non-hydrogen) atoms. The van der Waals surface area contributed by atoms with Crippen LogP contribution in [0.3, 0.4) is 0 Å². The number of pyridine rings is 1. The Morgan fingerprint density at radius 1 is 1.25 bits per heavy atom. The van der Waals surface area contributed by atoms with E-state index in [9.17, 15) is 4.79 Å². The molecule has 0 radical (unpaired) electrons. The Morgan fingerprint density at radius 3 is 2.65 bits per heavy atom. The summed E-state index contributed by atoms with van der Waals surface area (Å²) >= 11 is 0. The van der Waals surface area contributed by atoms with E-state index in [2.05, 4.69) is 25.5 Å². The summed E-state index contributed by atoms with van der Waals surface area (Å²) in [5.41, 5.74) is 7.63. The highest BCUT2D eigenvalue weighted by molar-refractivity contribution is 6.03. The monoisotopic (exact) mass is 272 g/mol. The molecular weight excluding hydrogens is 256 g/mol. The van der Waals surface area contributed by atoms with Crippen molar-refractivity contribution < 1.29 is 4.79 Å². The van der Waals surface area contributed by atoms with Gasteiger partial charge in [-0.05, 0) is 25.0 Å². The Kier molecular flexibility index (Phi) is 4.19. The second-order valence-electron chi connectivity index (χ2n) is 4.16. The van der Waals surface area contributed by atoms with E-state index in [0.717, 1.165) is 24.2 Å². The molecule has 0 aromatic carbocycles. The fourth-order valence-corrected chi connectivity index (χ4v) is 1.75. The molecule has 1 amide bonds. The van der Waals surface area contributed by atoms with Crippen molar-refractivity contribution in [1.82, 2.24) is 20.2 Å². The predicted molar refractivity (Wildman–Crippen MR) is 75.2 cm³/mol. The summed E-state index contributed by atoms with van der Waals surface area (Å²) in [6.07, 6.45) is 2.98. The maximum Gasteiger partial charge on any atom is 0.258 e. The Labute approximate surface area is 116 Å². The first-order chi connectivity index (χ1) is 9.63. The van der Waals surface area contributed by atoms with Gasteiger partial charge in [-0.1, -0.05) is 13.8 Å². The van der Waals surface area contributed by atoms with Crippen molar-refractivity contribution in [2.75, 3.05) is 11.1 Å². The van der Waals surface area contributed by atoms with Crippen molar-refractivity contribution >= 4 is 17.7 Å². The summed E-state index contributed by atoms with van der Waals surface area (Å²) in [5, 5.41) is 10.6. The molecule has 0 fully saturated rings. The number of nitrogens with one attached hydrogen (secondary N) is 1. The average Bonchev–Trinajstić information content (AvgIpc) is 2.47. The molecule has 3 N–H and O–H groups in total. The molecule has 0 aliphatic rings. The molecule has 7 heteroatoms. The second-order valence-corrected chi connectivity index (χ2v) is 4.16. The third-order valence-electron chi connectivity index (χ3n) is 2.78. The molecule has 0 unspecified atom stereocenters. The van der Waals surface area contributed by atoms with Gasteiger partial charge in [0.1, 0.15) is 5.82 Å². The average molecular weight is 272 g/mol. The van der Waals surface area contributed by atoms with E-state index in [4.69, 9.17) is 5.73 Å². The fourth-order valence-electron chi connectivity index (χ4n) is 1.75. The van der Waals surface area contributed by atoms with Gasteiger partial charge in [0, 0.05) is 11.8 Å². The van der Waals surface area contributed by atoms with Crippen molar-refractivity contribution in [2.24, 2.45) is 0 Å². The van der Waals surface area contributed by atoms with Crippen LogP contribution in [0.5, 0.6) is 0 Å². The topological polar surface area (TPSA) is 107 Å². The smallest absolute Gasteiger partial charge is 0.258 e. The molecule has 104 valence electrons. The van der Waals surface area contributed by atoms with Crippen LogP contribution < -0.4 is 11.1 Å². The Bertz CT molecular complexity index is 628. The highest BCUT2D eigenvalue weighted by atomic mass is 16.1. The van der Waals surface area contributed by atoms with Crippen LogP contribution in [0.1, 0.15) is 35.6 Å². The molecule has 0 bridgehead atoms. The predicted octanol–water partition coefficient (Wildman–Crippen LogP) is 1.23. The Hall–Kier alpha value is -2.57. The molecule has 0 atom stereocenters. The number of anilines is 2. The van der Waals surface area contributed by atoms with Gasteiger partial charge in [-0.2, -0.15) is 0 Å². The molecule has 0 aliphatic heterocycles. The van der Waals surface area contributed by atoms with Crippen LogP contribution in [-0.4, -0.2) is 26.1 Å². The lowest BCUT2D eigenvalue weighted by Crippen LogP contribution is -2.16. The van der Waals surface area contributed by atoms with Crippen molar-refractivity contribution in [3.8, 4) is 0 Å². The maximum absolute atomic E-state index is 12.0. The Morgan fingerprint density at radius 2 is 2.00 bits per heavy atom. The number of rotatable bonds is 4. The number of amides is 1. The zero-order valence-corrected chi connectivity index (χ0v) is 11.4. The lowest BCUT2D eigenvalue weighted by molar-refractivity contribution is 0.102. The first-order valence-electron chi connectivity index (χ1n) is 6.39. The fraction of sp³-hybridized carbons (Fsp3) is 0.308. The molecule has 0 saturated heterocycles. The molecule has 0 spiro atoms. The third kappa shape index (κ3) is 3.05. The van der Waals surface area contributed by atoms with Gasteiger partial charge in [-0.25, -0.2) is 9.97 Å². The van der Waals surface area contributed by atoms with Gasteiger partial charge >= 0.3 is 0 Å². The standard InChI is InChI=1S/C13H16N6O/c1-3-9-10(4-2)18-19-13(16-9)17-12(20)8-5-6-15-11(14)7-8/h5-7H,3-4H2,1-2H3,(H2,14,15)(H,16,17,19,20). The van der Waals surface area contributed by atoms with Crippen LogP contribution in [0.4, 0.5) is 11.8 Å². The quantitative estimate of drug-likeness (QED) is 0.866. The number of carbonyl (C=O) groups excluding carboxylic acids is 1. The SMILES string of the molecule is CCc1nnc(NC(=O)c2ccnc(N)c2)nc1CC. The van der Waals surface area contributed by atoms with E-state index < -0.39 is 0 Å². The summed E-state index contributed by atoms with van der Waals surface area (Å²) in [6.45, 7) is 3.97. The number of hydrogen-bond acceptors (Lipinski definition) is 6. The lowest BCUT2D eigenvalue weighted by atomic mass is 10.2. The van der Waals surface area contributed by atoms with E-state index in [1.54, 1.807) is 6.07 Å². The van der Waals surface area contributed by atoms with Gasteiger partial charge < -0.3 is 5.73 Å². The minimum atomic E-state index is -0.341. The number of carbonyl (C=O) groups is 1. The molecule has 0 aliphatic carbocycles. The van der Waals surface area contributed by atoms with Gasteiger partial charge in [0.2, 0.25) is 5.95 Å². The van der Waals surface area contributed by atoms with Crippen molar-refractivity contribution in [3.05, 3.63) is 35.3 Å². The second kappa shape index (κ2) is 6.05. The number of hydrogen-bond donors (Lipinski definition) is 2. The zero-order valence-electron chi connectivity index (χ0n) is 11.4. The minimum Gasteiger partial charge on any atom is -0.384 e. The van der Waals surface area contributed by atoms with E-state index in [1.807, 2.05) is 13.8 Å². The molecule has 0 saturated carbocycles. The molecule has 2 aromatic rings. The van der Waals surface area contributed by atoms with E-state index in [-0.39, 0.29) is 17.7 Å². The minimum absolute atomic E-state index is 0.194. The summed E-state index contributed by atoms with van der Waals surface area (Å²) in [5.74, 6) is 0.138. The number of nitrogens with zero attached hydrogens (tertiary/aromatic N) is 4. The van der Waals surface area contributed by atoms with E-state index in [1.165, 1.54) is 12.3 Å². The molecule has 2 aromatic heterocycles. The van der Waals surface area contributed by atoms with E-state index >= 15 is 0 Å². The van der Waals surface area contributed by atoms with Crippen LogP contribution >= 0.6 is 0 Å². The van der Waals surface area contributed by atoms with Gasteiger partial charge in [0.15, 0.2) is 0 Å². The summed E-state index contributed by atoms with van der Waals surface area (Å²) in [4.78, 5) is 20.1. The van der Waals surface area contributed by atoms with Crippen molar-refractivity contribution in [3.63, 3.8) is 0 Å². The van der Waals surface area contributed by atoms with Gasteiger partial charge in [0.25, 0.3) is 5.91 Å². The van der Waals surface area contributed by atoms with Crippen LogP contribution in [0.25, 0.3) is 0 Å². The molecule has 7 nitrogen and oxygen atoms in total. The van der Waals surface area contributed by atoms with Gasteiger partial charge in [0.05, 0.1) is 11.4 Å². The number of nitrogen functional groups attached to an aromatic ring is 1. The van der Waals surface area contributed by atoms with Crippen molar-refractivity contribution in [2.45, 2.75) is 26.7 Å². The lowest BCUT2D eigenvalue weighted by Gasteiger charge is -2.07. The molecule has 2 heterocycles. The number of aromatic nitrogens is 4. The van der Waals surface area contributed by atoms with Crippen LogP contribution in [0, 0.1) is 0 Å². The summed E-state index contributed by atoms with van der Waals surface area (Å²) in [7, 11) is 0. The number of nitrogens with two attached hydrogens (primary N) is 1. The molecular formula is C13H16N6O.